The molecule has 0 atom stereocenters. The van der Waals surface area contributed by atoms with Crippen LogP contribution in [0.25, 0.3) is 0 Å². The Hall–Kier alpha value is -1.38. The van der Waals surface area contributed by atoms with Crippen molar-refractivity contribution in [3.8, 4) is 0 Å². The Balaban J connectivity index is 1.63. The molecule has 0 saturated carbocycles. The summed E-state index contributed by atoms with van der Waals surface area (Å²) in [6, 6.07) is 13.7. The fourth-order valence-corrected chi connectivity index (χ4v) is 4.75. The number of hydrogen-bond acceptors (Lipinski definition) is 3. The molecule has 0 bridgehead atoms. The van der Waals surface area contributed by atoms with Gasteiger partial charge in [0.05, 0.1) is 20.6 Å². The van der Waals surface area contributed by atoms with Gasteiger partial charge in [0.1, 0.15) is 0 Å². The highest BCUT2D eigenvalue weighted by atomic mass is 35.5. The van der Waals surface area contributed by atoms with Gasteiger partial charge in [-0.15, -0.1) is 0 Å². The summed E-state index contributed by atoms with van der Waals surface area (Å²) in [5.41, 5.74) is 0.628. The summed E-state index contributed by atoms with van der Waals surface area (Å²) >= 11 is 17.6. The van der Waals surface area contributed by atoms with Crippen LogP contribution in [-0.4, -0.2) is 48.9 Å². The summed E-state index contributed by atoms with van der Waals surface area (Å²) in [5.74, 6) is 0. The minimum absolute atomic E-state index is 0.305. The molecule has 0 aliphatic carbocycles. The lowest BCUT2D eigenvalue weighted by Crippen LogP contribution is -2.51. The maximum absolute atomic E-state index is 12.7. The van der Waals surface area contributed by atoms with Crippen molar-refractivity contribution in [3.05, 3.63) is 58.6 Å². The van der Waals surface area contributed by atoms with Gasteiger partial charge in [-0.1, -0.05) is 47.5 Å². The van der Waals surface area contributed by atoms with Crippen LogP contribution in [0.2, 0.25) is 10.0 Å². The summed E-state index contributed by atoms with van der Waals surface area (Å²) < 4.78 is 26.8. The topological polar surface area (TPSA) is 52.7 Å². The summed E-state index contributed by atoms with van der Waals surface area (Å²) in [4.78, 5) is 2.23. The Morgan fingerprint density at radius 1 is 0.962 bits per heavy atom. The number of sulfonamides is 1. The molecule has 9 heteroatoms. The Kier molecular flexibility index (Phi) is 6.04. The molecule has 1 heterocycles. The van der Waals surface area contributed by atoms with Gasteiger partial charge >= 0.3 is 0 Å². The number of rotatable bonds is 3. The molecule has 0 aromatic heterocycles. The number of nitrogens with zero attached hydrogens (tertiary/aromatic N) is 2. The van der Waals surface area contributed by atoms with Crippen LogP contribution in [0.15, 0.2) is 53.4 Å². The van der Waals surface area contributed by atoms with Crippen molar-refractivity contribution in [2.75, 3.05) is 31.5 Å². The molecule has 2 aromatic carbocycles. The smallest absolute Gasteiger partial charge is 0.243 e. The summed E-state index contributed by atoms with van der Waals surface area (Å²) in [5, 5.41) is 4.42. The zero-order valence-corrected chi connectivity index (χ0v) is 16.9. The number of anilines is 1. The van der Waals surface area contributed by atoms with E-state index >= 15 is 0 Å². The minimum atomic E-state index is -3.48. The Morgan fingerprint density at radius 3 is 2.27 bits per heavy atom. The molecule has 2 aromatic rings. The number of benzene rings is 2. The summed E-state index contributed by atoms with van der Waals surface area (Å²) in [7, 11) is -3.48. The molecule has 3 rings (SSSR count). The number of halogens is 2. The lowest BCUT2D eigenvalue weighted by Gasteiger charge is -2.35. The normalized spacial score (nSPS) is 15.7. The van der Waals surface area contributed by atoms with Crippen molar-refractivity contribution in [3.63, 3.8) is 0 Å². The van der Waals surface area contributed by atoms with E-state index in [1.54, 1.807) is 48.5 Å². The fourth-order valence-electron chi connectivity index (χ4n) is 2.67. The monoisotopic (exact) mass is 429 g/mol. The number of thiocarbonyl (C=S) groups is 1. The minimum Gasteiger partial charge on any atom is -0.346 e. The van der Waals surface area contributed by atoms with Crippen molar-refractivity contribution in [1.29, 1.82) is 0 Å². The van der Waals surface area contributed by atoms with Crippen LogP contribution in [0.1, 0.15) is 0 Å². The van der Waals surface area contributed by atoms with Gasteiger partial charge in [-0.2, -0.15) is 4.31 Å². The van der Waals surface area contributed by atoms with E-state index in [0.717, 1.165) is 0 Å². The maximum Gasteiger partial charge on any atom is 0.243 e. The summed E-state index contributed by atoms with van der Waals surface area (Å²) in [6.07, 6.45) is 0. The Bertz CT molecular complexity index is 899. The quantitative estimate of drug-likeness (QED) is 0.753. The van der Waals surface area contributed by atoms with Gasteiger partial charge in [0.2, 0.25) is 10.0 Å². The molecule has 1 aliphatic heterocycles. The SMILES string of the molecule is O=S(=O)(c1ccccc1)N1CCN(C(=S)Nc2cccc(Cl)c2Cl)CC1. The summed E-state index contributed by atoms with van der Waals surface area (Å²) in [6.45, 7) is 1.72. The Morgan fingerprint density at radius 2 is 1.62 bits per heavy atom. The van der Waals surface area contributed by atoms with Crippen molar-refractivity contribution < 1.29 is 8.42 Å². The predicted molar refractivity (Wildman–Crippen MR) is 109 cm³/mol. The van der Waals surface area contributed by atoms with E-state index in [1.807, 2.05) is 4.90 Å². The first-order chi connectivity index (χ1) is 12.4. The standard InChI is InChI=1S/C17H17Cl2N3O2S2/c18-14-7-4-8-15(16(14)19)20-17(25)21-9-11-22(12-10-21)26(23,24)13-5-2-1-3-6-13/h1-8H,9-12H2,(H,20,25). The molecular weight excluding hydrogens is 413 g/mol. The largest absolute Gasteiger partial charge is 0.346 e. The fraction of sp³-hybridized carbons (Fsp3) is 0.235. The molecule has 1 saturated heterocycles. The first-order valence-corrected chi connectivity index (χ1v) is 10.5. The van der Waals surface area contributed by atoms with Crippen LogP contribution < -0.4 is 5.32 Å². The molecule has 1 aliphatic rings. The van der Waals surface area contributed by atoms with Crippen molar-refractivity contribution in [2.45, 2.75) is 4.90 Å². The van der Waals surface area contributed by atoms with Gasteiger partial charge in [0.25, 0.3) is 0 Å². The molecule has 1 N–H and O–H groups in total. The van der Waals surface area contributed by atoms with E-state index in [2.05, 4.69) is 5.32 Å². The number of hydrogen-bond donors (Lipinski definition) is 1. The average molecular weight is 430 g/mol. The lowest BCUT2D eigenvalue weighted by atomic mass is 10.3. The highest BCUT2D eigenvalue weighted by Crippen LogP contribution is 2.29. The van der Waals surface area contributed by atoms with Gasteiger partial charge in [0, 0.05) is 26.2 Å². The number of piperazine rings is 1. The Labute approximate surface area is 168 Å². The molecule has 0 radical (unpaired) electrons. The molecule has 0 spiro atoms. The molecule has 0 amide bonds. The lowest BCUT2D eigenvalue weighted by molar-refractivity contribution is 0.268. The third-order valence-corrected chi connectivity index (χ3v) is 7.19. The molecular formula is C17H17Cl2N3O2S2. The van der Waals surface area contributed by atoms with E-state index in [-0.39, 0.29) is 0 Å². The van der Waals surface area contributed by atoms with E-state index < -0.39 is 10.0 Å². The maximum atomic E-state index is 12.7. The van der Waals surface area contributed by atoms with Crippen molar-refractivity contribution in [2.24, 2.45) is 0 Å². The highest BCUT2D eigenvalue weighted by molar-refractivity contribution is 7.89. The zero-order valence-electron chi connectivity index (χ0n) is 13.7. The second-order valence-corrected chi connectivity index (χ2v) is 8.85. The van der Waals surface area contributed by atoms with Gasteiger partial charge < -0.3 is 10.2 Å². The van der Waals surface area contributed by atoms with Gasteiger partial charge in [-0.25, -0.2) is 8.42 Å². The second kappa shape index (κ2) is 8.10. The number of nitrogens with one attached hydrogen (secondary N) is 1. The predicted octanol–water partition coefficient (Wildman–Crippen LogP) is 3.70. The van der Waals surface area contributed by atoms with Crippen molar-refractivity contribution >= 4 is 56.2 Å². The zero-order chi connectivity index (χ0) is 18.7. The molecule has 138 valence electrons. The molecule has 26 heavy (non-hydrogen) atoms. The van der Waals surface area contributed by atoms with Crippen LogP contribution in [0.3, 0.4) is 0 Å². The van der Waals surface area contributed by atoms with Gasteiger partial charge in [0.15, 0.2) is 5.11 Å². The van der Waals surface area contributed by atoms with Gasteiger partial charge in [-0.05, 0) is 36.5 Å². The van der Waals surface area contributed by atoms with E-state index in [0.29, 0.717) is 51.9 Å². The third kappa shape index (κ3) is 4.13. The molecule has 5 nitrogen and oxygen atoms in total. The first-order valence-electron chi connectivity index (χ1n) is 7.95. The van der Waals surface area contributed by atoms with Crippen molar-refractivity contribution in [1.82, 2.24) is 9.21 Å². The second-order valence-electron chi connectivity index (χ2n) is 5.74. The van der Waals surface area contributed by atoms with Crippen LogP contribution in [0, 0.1) is 0 Å². The highest BCUT2D eigenvalue weighted by Gasteiger charge is 2.29. The van der Waals surface area contributed by atoms with E-state index in [4.69, 9.17) is 35.4 Å². The first kappa shape index (κ1) is 19.4. The van der Waals surface area contributed by atoms with Crippen LogP contribution in [0.5, 0.6) is 0 Å². The van der Waals surface area contributed by atoms with E-state index in [1.165, 1.54) is 4.31 Å². The van der Waals surface area contributed by atoms with Gasteiger partial charge in [-0.3, -0.25) is 0 Å². The molecule has 0 unspecified atom stereocenters. The van der Waals surface area contributed by atoms with Crippen LogP contribution >= 0.6 is 35.4 Å². The third-order valence-electron chi connectivity index (χ3n) is 4.10. The van der Waals surface area contributed by atoms with Crippen LogP contribution in [0.4, 0.5) is 5.69 Å². The van der Waals surface area contributed by atoms with E-state index in [9.17, 15) is 8.42 Å². The average Bonchev–Trinajstić information content (AvgIpc) is 2.66. The molecule has 1 fully saturated rings. The van der Waals surface area contributed by atoms with Crippen LogP contribution in [-0.2, 0) is 10.0 Å².